The van der Waals surface area contributed by atoms with E-state index in [1.54, 1.807) is 7.11 Å². The fourth-order valence-electron chi connectivity index (χ4n) is 2.71. The van der Waals surface area contributed by atoms with Gasteiger partial charge in [0, 0.05) is 24.6 Å². The summed E-state index contributed by atoms with van der Waals surface area (Å²) < 4.78 is 12.2. The SMILES string of the molecule is COc1ccc(-c2noc(CCC(=O)NCc3nnc4ccccn34)n2)cc1. The van der Waals surface area contributed by atoms with Crippen LogP contribution in [0.4, 0.5) is 0 Å². The van der Waals surface area contributed by atoms with Crippen molar-refractivity contribution in [3.63, 3.8) is 0 Å². The third-order valence-electron chi connectivity index (χ3n) is 4.21. The quantitative estimate of drug-likeness (QED) is 0.524. The van der Waals surface area contributed by atoms with Crippen molar-refractivity contribution in [1.29, 1.82) is 0 Å². The number of pyridine rings is 1. The standard InChI is InChI=1S/C19H18N6O3/c1-27-14-7-5-13(6-8-14)19-21-18(28-24-19)10-9-17(26)20-12-16-23-22-15-4-2-3-11-25(15)16/h2-8,11H,9-10,12H2,1H3,(H,20,26). The molecule has 0 aliphatic heterocycles. The van der Waals surface area contributed by atoms with Crippen LogP contribution in [-0.2, 0) is 17.8 Å². The summed E-state index contributed by atoms with van der Waals surface area (Å²) in [4.78, 5) is 16.5. The molecule has 0 aliphatic rings. The van der Waals surface area contributed by atoms with Crippen LogP contribution in [0.1, 0.15) is 18.1 Å². The number of hydrogen-bond donors (Lipinski definition) is 1. The average Bonchev–Trinajstić information content (AvgIpc) is 3.38. The highest BCUT2D eigenvalue weighted by Gasteiger charge is 2.12. The first-order valence-electron chi connectivity index (χ1n) is 8.75. The molecule has 0 atom stereocenters. The molecule has 0 radical (unpaired) electrons. The predicted molar refractivity (Wildman–Crippen MR) is 99.4 cm³/mol. The minimum absolute atomic E-state index is 0.128. The molecule has 0 saturated carbocycles. The van der Waals surface area contributed by atoms with Gasteiger partial charge in [-0.25, -0.2) is 0 Å². The molecule has 0 bridgehead atoms. The van der Waals surface area contributed by atoms with Crippen LogP contribution in [0.2, 0.25) is 0 Å². The van der Waals surface area contributed by atoms with E-state index in [1.807, 2.05) is 53.1 Å². The van der Waals surface area contributed by atoms with Crippen LogP contribution in [0, 0.1) is 0 Å². The van der Waals surface area contributed by atoms with Crippen LogP contribution in [-0.4, -0.2) is 37.8 Å². The first-order chi connectivity index (χ1) is 13.7. The summed E-state index contributed by atoms with van der Waals surface area (Å²) in [5.74, 6) is 2.19. The molecule has 4 rings (SSSR count). The molecular formula is C19H18N6O3. The molecule has 3 aromatic heterocycles. The van der Waals surface area contributed by atoms with Crippen molar-refractivity contribution in [2.45, 2.75) is 19.4 Å². The largest absolute Gasteiger partial charge is 0.497 e. The van der Waals surface area contributed by atoms with Gasteiger partial charge in [0.05, 0.1) is 13.7 Å². The number of hydrogen-bond acceptors (Lipinski definition) is 7. The lowest BCUT2D eigenvalue weighted by atomic mass is 10.2. The lowest BCUT2D eigenvalue weighted by Crippen LogP contribution is -2.24. The van der Waals surface area contributed by atoms with Crippen molar-refractivity contribution in [1.82, 2.24) is 30.1 Å². The molecule has 1 amide bonds. The Balaban J connectivity index is 1.30. The summed E-state index contributed by atoms with van der Waals surface area (Å²) in [6.45, 7) is 0.297. The average molecular weight is 378 g/mol. The number of fused-ring (bicyclic) bond motifs is 1. The second-order valence-electron chi connectivity index (χ2n) is 6.06. The van der Waals surface area contributed by atoms with Gasteiger partial charge in [-0.05, 0) is 36.4 Å². The lowest BCUT2D eigenvalue weighted by molar-refractivity contribution is -0.121. The Morgan fingerprint density at radius 2 is 2.04 bits per heavy atom. The monoisotopic (exact) mass is 378 g/mol. The van der Waals surface area contributed by atoms with Crippen molar-refractivity contribution in [3.8, 4) is 17.1 Å². The molecule has 0 aliphatic carbocycles. The summed E-state index contributed by atoms with van der Waals surface area (Å²) >= 11 is 0. The van der Waals surface area contributed by atoms with Crippen molar-refractivity contribution in [2.24, 2.45) is 0 Å². The Bertz CT molecular complexity index is 1090. The Kier molecular flexibility index (Phi) is 4.96. The molecule has 1 aromatic carbocycles. The van der Waals surface area contributed by atoms with E-state index < -0.39 is 0 Å². The summed E-state index contributed by atoms with van der Waals surface area (Å²) in [5.41, 5.74) is 1.56. The molecule has 9 heteroatoms. The highest BCUT2D eigenvalue weighted by Crippen LogP contribution is 2.20. The van der Waals surface area contributed by atoms with Crippen molar-refractivity contribution in [3.05, 3.63) is 60.4 Å². The Hall–Kier alpha value is -3.75. The van der Waals surface area contributed by atoms with Gasteiger partial charge in [-0.2, -0.15) is 4.98 Å². The highest BCUT2D eigenvalue weighted by molar-refractivity contribution is 5.76. The summed E-state index contributed by atoms with van der Waals surface area (Å²) in [5, 5.41) is 14.9. The third kappa shape index (κ3) is 3.83. The number of carbonyl (C=O) groups is 1. The lowest BCUT2D eigenvalue weighted by Gasteiger charge is -2.03. The molecule has 4 aromatic rings. The number of nitrogens with zero attached hydrogens (tertiary/aromatic N) is 5. The molecule has 9 nitrogen and oxygen atoms in total. The maximum Gasteiger partial charge on any atom is 0.227 e. The van der Waals surface area contributed by atoms with Gasteiger partial charge in [-0.15, -0.1) is 10.2 Å². The van der Waals surface area contributed by atoms with Gasteiger partial charge >= 0.3 is 0 Å². The second kappa shape index (κ2) is 7.87. The number of amides is 1. The molecule has 3 heterocycles. The van der Waals surface area contributed by atoms with Gasteiger partial charge in [-0.1, -0.05) is 11.2 Å². The zero-order chi connectivity index (χ0) is 19.3. The molecule has 0 spiro atoms. The topological polar surface area (TPSA) is 107 Å². The molecule has 0 saturated heterocycles. The minimum atomic E-state index is -0.128. The summed E-state index contributed by atoms with van der Waals surface area (Å²) in [6, 6.07) is 13.0. The molecular weight excluding hydrogens is 360 g/mol. The smallest absolute Gasteiger partial charge is 0.227 e. The molecule has 0 unspecified atom stereocenters. The Morgan fingerprint density at radius 1 is 1.18 bits per heavy atom. The first-order valence-corrected chi connectivity index (χ1v) is 8.75. The van der Waals surface area contributed by atoms with Crippen LogP contribution < -0.4 is 10.1 Å². The van der Waals surface area contributed by atoms with Gasteiger partial charge in [0.2, 0.25) is 17.6 Å². The molecule has 0 fully saturated rings. The number of rotatable bonds is 7. The Labute approximate surface area is 160 Å². The maximum absolute atomic E-state index is 12.1. The van der Waals surface area contributed by atoms with E-state index in [0.29, 0.717) is 30.5 Å². The number of benzene rings is 1. The van der Waals surface area contributed by atoms with E-state index in [1.165, 1.54) is 0 Å². The number of methoxy groups -OCH3 is 1. The fraction of sp³-hybridized carbons (Fsp3) is 0.211. The van der Waals surface area contributed by atoms with Crippen LogP contribution in [0.25, 0.3) is 17.0 Å². The fourth-order valence-corrected chi connectivity index (χ4v) is 2.71. The number of nitrogens with one attached hydrogen (secondary N) is 1. The number of ether oxygens (including phenoxy) is 1. The van der Waals surface area contributed by atoms with Crippen LogP contribution in [0.15, 0.2) is 53.2 Å². The number of carbonyl (C=O) groups excluding carboxylic acids is 1. The second-order valence-corrected chi connectivity index (χ2v) is 6.06. The van der Waals surface area contributed by atoms with E-state index >= 15 is 0 Å². The first kappa shape index (κ1) is 17.7. The number of aromatic nitrogens is 5. The molecule has 142 valence electrons. The predicted octanol–water partition coefficient (Wildman–Crippen LogP) is 2.04. The minimum Gasteiger partial charge on any atom is -0.497 e. The van der Waals surface area contributed by atoms with Crippen LogP contribution >= 0.6 is 0 Å². The van der Waals surface area contributed by atoms with Crippen molar-refractivity contribution >= 4 is 11.6 Å². The van der Waals surface area contributed by atoms with E-state index in [2.05, 4.69) is 25.7 Å². The van der Waals surface area contributed by atoms with Gasteiger partial charge in [0.25, 0.3) is 0 Å². The number of aryl methyl sites for hydroxylation is 1. The summed E-state index contributed by atoms with van der Waals surface area (Å²) in [7, 11) is 1.61. The van der Waals surface area contributed by atoms with Crippen molar-refractivity contribution < 1.29 is 14.1 Å². The van der Waals surface area contributed by atoms with Crippen LogP contribution in [0.5, 0.6) is 5.75 Å². The van der Waals surface area contributed by atoms with Crippen LogP contribution in [0.3, 0.4) is 0 Å². The normalized spacial score (nSPS) is 10.9. The van der Waals surface area contributed by atoms with Gasteiger partial charge < -0.3 is 14.6 Å². The van der Waals surface area contributed by atoms with E-state index in [9.17, 15) is 4.79 Å². The molecule has 1 N–H and O–H groups in total. The Morgan fingerprint density at radius 3 is 2.86 bits per heavy atom. The molecule has 28 heavy (non-hydrogen) atoms. The van der Waals surface area contributed by atoms with Gasteiger partial charge in [0.15, 0.2) is 11.5 Å². The zero-order valence-corrected chi connectivity index (χ0v) is 15.2. The van der Waals surface area contributed by atoms with E-state index in [-0.39, 0.29) is 12.3 Å². The third-order valence-corrected chi connectivity index (χ3v) is 4.21. The zero-order valence-electron chi connectivity index (χ0n) is 15.2. The summed E-state index contributed by atoms with van der Waals surface area (Å²) in [6.07, 6.45) is 2.45. The van der Waals surface area contributed by atoms with E-state index in [4.69, 9.17) is 9.26 Å². The van der Waals surface area contributed by atoms with Gasteiger partial charge in [-0.3, -0.25) is 9.20 Å². The highest BCUT2D eigenvalue weighted by atomic mass is 16.5. The van der Waals surface area contributed by atoms with Gasteiger partial charge in [0.1, 0.15) is 5.75 Å². The van der Waals surface area contributed by atoms with E-state index in [0.717, 1.165) is 17.0 Å². The van der Waals surface area contributed by atoms with Crippen molar-refractivity contribution in [2.75, 3.05) is 7.11 Å². The maximum atomic E-state index is 12.1.